The average molecular weight is 258 g/mol. The van der Waals surface area contributed by atoms with Gasteiger partial charge in [0.25, 0.3) is 0 Å². The van der Waals surface area contributed by atoms with Crippen LogP contribution in [0.5, 0.6) is 0 Å². The third-order valence-electron chi connectivity index (χ3n) is 3.40. The van der Waals surface area contributed by atoms with Crippen LogP contribution in [0.25, 0.3) is 0 Å². The minimum atomic E-state index is 0.582. The van der Waals surface area contributed by atoms with E-state index in [1.807, 2.05) is 11.8 Å². The molecule has 0 aromatic rings. The Balaban J connectivity index is 1.78. The van der Waals surface area contributed by atoms with Crippen LogP contribution in [0.1, 0.15) is 33.1 Å². The number of thioether (sulfide) groups is 2. The van der Waals surface area contributed by atoms with Gasteiger partial charge in [-0.05, 0) is 31.4 Å². The lowest BCUT2D eigenvalue weighted by atomic mass is 10.1. The molecule has 1 N–H and O–H groups in total. The van der Waals surface area contributed by atoms with Gasteiger partial charge in [0.05, 0.1) is 6.54 Å². The van der Waals surface area contributed by atoms with Gasteiger partial charge < -0.3 is 5.32 Å². The van der Waals surface area contributed by atoms with Crippen LogP contribution in [-0.4, -0.2) is 34.5 Å². The van der Waals surface area contributed by atoms with Gasteiger partial charge in [-0.2, -0.15) is 11.8 Å². The topological polar surface area (TPSA) is 24.4 Å². The number of amidine groups is 1. The van der Waals surface area contributed by atoms with E-state index in [4.69, 9.17) is 4.99 Å². The van der Waals surface area contributed by atoms with Crippen molar-refractivity contribution in [2.45, 2.75) is 44.4 Å². The van der Waals surface area contributed by atoms with E-state index in [2.05, 4.69) is 30.9 Å². The summed E-state index contributed by atoms with van der Waals surface area (Å²) in [7, 11) is 0. The first kappa shape index (κ1) is 12.6. The summed E-state index contributed by atoms with van der Waals surface area (Å²) in [6, 6.07) is 0.582. The van der Waals surface area contributed by atoms with E-state index in [1.165, 1.54) is 35.9 Å². The van der Waals surface area contributed by atoms with Gasteiger partial charge in [-0.3, -0.25) is 4.99 Å². The molecule has 0 amide bonds. The van der Waals surface area contributed by atoms with Crippen LogP contribution in [0.2, 0.25) is 0 Å². The van der Waals surface area contributed by atoms with Gasteiger partial charge in [-0.25, -0.2) is 0 Å². The largest absolute Gasteiger partial charge is 0.362 e. The molecular weight excluding hydrogens is 236 g/mol. The maximum Gasteiger partial charge on any atom is 0.156 e. The van der Waals surface area contributed by atoms with Crippen molar-refractivity contribution < 1.29 is 0 Å². The minimum absolute atomic E-state index is 0.582. The third-order valence-corrected chi connectivity index (χ3v) is 5.99. The third kappa shape index (κ3) is 3.59. The maximum atomic E-state index is 4.74. The molecule has 2 aliphatic rings. The van der Waals surface area contributed by atoms with Crippen molar-refractivity contribution in [1.29, 1.82) is 0 Å². The summed E-state index contributed by atoms with van der Waals surface area (Å²) in [6.07, 6.45) is 4.16. The van der Waals surface area contributed by atoms with Crippen LogP contribution < -0.4 is 5.32 Å². The van der Waals surface area contributed by atoms with Crippen molar-refractivity contribution >= 4 is 28.7 Å². The molecule has 2 heterocycles. The van der Waals surface area contributed by atoms with Crippen LogP contribution in [0.4, 0.5) is 0 Å². The van der Waals surface area contributed by atoms with Gasteiger partial charge >= 0.3 is 0 Å². The molecular formula is C12H22N2S2. The van der Waals surface area contributed by atoms with E-state index in [0.29, 0.717) is 6.04 Å². The molecule has 92 valence electrons. The molecule has 0 radical (unpaired) electrons. The van der Waals surface area contributed by atoms with Crippen LogP contribution in [-0.2, 0) is 0 Å². The summed E-state index contributed by atoms with van der Waals surface area (Å²) < 4.78 is 0. The average Bonchev–Trinajstić information content (AvgIpc) is 2.32. The Morgan fingerprint density at radius 2 is 2.25 bits per heavy atom. The predicted molar refractivity (Wildman–Crippen MR) is 76.6 cm³/mol. The highest BCUT2D eigenvalue weighted by molar-refractivity contribution is 8.13. The fourth-order valence-electron chi connectivity index (χ4n) is 1.96. The van der Waals surface area contributed by atoms with Crippen molar-refractivity contribution in [3.63, 3.8) is 0 Å². The first-order valence-electron chi connectivity index (χ1n) is 6.31. The normalized spacial score (nSPS) is 38.4. The second-order valence-electron chi connectivity index (χ2n) is 4.86. The van der Waals surface area contributed by atoms with E-state index in [0.717, 1.165) is 17.7 Å². The van der Waals surface area contributed by atoms with E-state index in [-0.39, 0.29) is 0 Å². The maximum absolute atomic E-state index is 4.74. The van der Waals surface area contributed by atoms with Crippen molar-refractivity contribution in [2.24, 2.45) is 10.9 Å². The molecule has 4 heteroatoms. The number of rotatable bonds is 2. The van der Waals surface area contributed by atoms with Gasteiger partial charge in [-0.15, -0.1) is 0 Å². The van der Waals surface area contributed by atoms with E-state index in [9.17, 15) is 0 Å². The zero-order chi connectivity index (χ0) is 11.4. The Morgan fingerprint density at radius 1 is 1.38 bits per heavy atom. The lowest BCUT2D eigenvalue weighted by Gasteiger charge is -2.28. The standard InChI is InChI=1S/C12H22N2S2/c1-9-8-16-12(14-10(9)2)13-7-11-5-3-4-6-15-11/h9-11H,3-8H2,1-2H3,(H,13,14). The SMILES string of the molecule is CC1CSC(=NCC2CCCCS2)NC1C. The number of nitrogens with one attached hydrogen (secondary N) is 1. The summed E-state index contributed by atoms with van der Waals surface area (Å²) in [5.41, 5.74) is 0. The molecule has 0 spiro atoms. The molecule has 16 heavy (non-hydrogen) atoms. The van der Waals surface area contributed by atoms with Gasteiger partial charge in [0, 0.05) is 17.0 Å². The molecule has 3 atom stereocenters. The smallest absolute Gasteiger partial charge is 0.156 e. The first-order chi connectivity index (χ1) is 7.75. The highest BCUT2D eigenvalue weighted by Crippen LogP contribution is 2.26. The van der Waals surface area contributed by atoms with Crippen LogP contribution in [0.15, 0.2) is 4.99 Å². The molecule has 3 unspecified atom stereocenters. The molecule has 2 nitrogen and oxygen atoms in total. The molecule has 2 saturated heterocycles. The number of nitrogens with zero attached hydrogens (tertiary/aromatic N) is 1. The number of hydrogen-bond donors (Lipinski definition) is 1. The highest BCUT2D eigenvalue weighted by atomic mass is 32.2. The summed E-state index contributed by atoms with van der Waals surface area (Å²) in [4.78, 5) is 4.74. The van der Waals surface area contributed by atoms with Crippen molar-refractivity contribution in [3.8, 4) is 0 Å². The molecule has 0 aromatic heterocycles. The number of aliphatic imine (C=N–C) groups is 1. The highest BCUT2D eigenvalue weighted by Gasteiger charge is 2.21. The monoisotopic (exact) mass is 258 g/mol. The van der Waals surface area contributed by atoms with Gasteiger partial charge in [-0.1, -0.05) is 25.1 Å². The quantitative estimate of drug-likeness (QED) is 0.824. The van der Waals surface area contributed by atoms with Crippen LogP contribution in [0, 0.1) is 5.92 Å². The summed E-state index contributed by atoms with van der Waals surface area (Å²) in [5, 5.41) is 5.46. The lowest BCUT2D eigenvalue weighted by molar-refractivity contribution is 0.489. The Bertz CT molecular complexity index is 249. The zero-order valence-electron chi connectivity index (χ0n) is 10.2. The second kappa shape index (κ2) is 6.20. The fraction of sp³-hybridized carbons (Fsp3) is 0.917. The fourth-order valence-corrected chi connectivity index (χ4v) is 4.32. The molecule has 0 saturated carbocycles. The Labute approximate surface area is 107 Å². The van der Waals surface area contributed by atoms with Crippen molar-refractivity contribution in [2.75, 3.05) is 18.1 Å². The van der Waals surface area contributed by atoms with Gasteiger partial charge in [0.15, 0.2) is 5.17 Å². The zero-order valence-corrected chi connectivity index (χ0v) is 11.9. The van der Waals surface area contributed by atoms with Crippen LogP contribution in [0.3, 0.4) is 0 Å². The van der Waals surface area contributed by atoms with Gasteiger partial charge in [0.1, 0.15) is 0 Å². The van der Waals surface area contributed by atoms with Crippen LogP contribution >= 0.6 is 23.5 Å². The summed E-state index contributed by atoms with van der Waals surface area (Å²) in [5.74, 6) is 3.31. The van der Waals surface area contributed by atoms with Crippen molar-refractivity contribution in [3.05, 3.63) is 0 Å². The molecule has 2 aliphatic heterocycles. The second-order valence-corrected chi connectivity index (χ2v) is 7.27. The van der Waals surface area contributed by atoms with Gasteiger partial charge in [0.2, 0.25) is 0 Å². The molecule has 2 fully saturated rings. The Kier molecular flexibility index (Phi) is 4.89. The van der Waals surface area contributed by atoms with E-state index < -0.39 is 0 Å². The predicted octanol–water partition coefficient (Wildman–Crippen LogP) is 2.99. The van der Waals surface area contributed by atoms with E-state index in [1.54, 1.807) is 0 Å². The Hall–Kier alpha value is 0.170. The number of hydrogen-bond acceptors (Lipinski definition) is 3. The molecule has 0 aliphatic carbocycles. The lowest BCUT2D eigenvalue weighted by Crippen LogP contribution is -2.41. The Morgan fingerprint density at radius 3 is 2.94 bits per heavy atom. The first-order valence-corrected chi connectivity index (χ1v) is 8.34. The summed E-state index contributed by atoms with van der Waals surface area (Å²) >= 11 is 4.00. The minimum Gasteiger partial charge on any atom is -0.362 e. The summed E-state index contributed by atoms with van der Waals surface area (Å²) in [6.45, 7) is 5.58. The molecule has 2 rings (SSSR count). The molecule has 0 bridgehead atoms. The van der Waals surface area contributed by atoms with Crippen molar-refractivity contribution in [1.82, 2.24) is 5.32 Å². The molecule has 0 aromatic carbocycles. The van der Waals surface area contributed by atoms with E-state index >= 15 is 0 Å².